The van der Waals surface area contributed by atoms with Gasteiger partial charge in [-0.25, -0.2) is 29.0 Å². The van der Waals surface area contributed by atoms with Crippen LogP contribution in [0.3, 0.4) is 0 Å². The summed E-state index contributed by atoms with van der Waals surface area (Å²) in [5.41, 5.74) is 6.29. The van der Waals surface area contributed by atoms with Crippen LogP contribution in [0.2, 0.25) is 0 Å². The molecule has 16 nitrogen and oxygen atoms in total. The second kappa shape index (κ2) is 12.1. The molecule has 0 saturated carbocycles. The molecule has 2 aromatic heterocycles. The fraction of sp³-hybridized carbons (Fsp3) is 0.263. The first-order chi connectivity index (χ1) is 17.8. The number of phosphoric acid groups is 1. The average Bonchev–Trinajstić information content (AvgIpc) is 3.41. The summed E-state index contributed by atoms with van der Waals surface area (Å²) in [6.45, 7) is 1.31. The first-order valence-electron chi connectivity index (χ1n) is 10.5. The first kappa shape index (κ1) is 29.3. The second-order valence-corrected chi connectivity index (χ2v) is 10.6. The quantitative estimate of drug-likeness (QED) is 0.198. The molecule has 38 heavy (non-hydrogen) atoms. The van der Waals surface area contributed by atoms with Gasteiger partial charge >= 0.3 is 21.3 Å². The minimum absolute atomic E-state index is 0.131. The standard InChI is InChI=1S/C19H20FN6O6P.H3O4P/c1-11(19(27)28)25-33(29,32-12-5-3-2-4-6-12)10-30-14-7-13(20)18(31-14)26-9-24-15-16(21)22-8-23-17(15)26;1-5(2,3)4/h2-9,11,14,18H,10H2,1H3,(H,25,29)(H,27,28)(H2,21,22,23);(H3,1,2,3,4)/t11-,14+,18+,33?;/m0./s1. The molecule has 7 N–H and O–H groups in total. The van der Waals surface area contributed by atoms with Gasteiger partial charge in [0.1, 0.15) is 23.6 Å². The predicted molar refractivity (Wildman–Crippen MR) is 128 cm³/mol. The highest BCUT2D eigenvalue weighted by Gasteiger charge is 2.35. The van der Waals surface area contributed by atoms with E-state index in [1.807, 2.05) is 0 Å². The molecular weight excluding hydrogens is 553 g/mol. The van der Waals surface area contributed by atoms with Gasteiger partial charge in [-0.15, -0.1) is 0 Å². The Hall–Kier alpha value is -3.27. The molecular formula is C19H23FN6O10P2. The van der Waals surface area contributed by atoms with Crippen molar-refractivity contribution < 1.29 is 52.1 Å². The van der Waals surface area contributed by atoms with Crippen LogP contribution < -0.4 is 15.3 Å². The van der Waals surface area contributed by atoms with Gasteiger partial charge in [-0.3, -0.25) is 13.9 Å². The maximum absolute atomic E-state index is 14.7. The molecule has 0 fully saturated rings. The number of aliphatic carboxylic acids is 1. The summed E-state index contributed by atoms with van der Waals surface area (Å²) in [4.78, 5) is 44.8. The number of ether oxygens (including phenoxy) is 2. The van der Waals surface area contributed by atoms with Gasteiger partial charge in [-0.2, -0.15) is 0 Å². The number of rotatable bonds is 9. The Morgan fingerprint density at radius 2 is 1.89 bits per heavy atom. The van der Waals surface area contributed by atoms with Crippen molar-refractivity contribution in [3.8, 4) is 5.75 Å². The maximum atomic E-state index is 14.7. The van der Waals surface area contributed by atoms with E-state index in [0.717, 1.165) is 6.08 Å². The van der Waals surface area contributed by atoms with E-state index in [2.05, 4.69) is 20.0 Å². The highest BCUT2D eigenvalue weighted by molar-refractivity contribution is 7.57. The van der Waals surface area contributed by atoms with Crippen molar-refractivity contribution in [3.63, 3.8) is 0 Å². The van der Waals surface area contributed by atoms with Crippen molar-refractivity contribution in [3.05, 3.63) is 54.9 Å². The third kappa shape index (κ3) is 8.11. The number of imidazole rings is 1. The Bertz CT molecular complexity index is 1390. The number of nitrogens with zero attached hydrogens (tertiary/aromatic N) is 4. The molecule has 3 aromatic rings. The monoisotopic (exact) mass is 576 g/mol. The van der Waals surface area contributed by atoms with Crippen LogP contribution in [0.15, 0.2) is 54.9 Å². The molecule has 0 aliphatic carbocycles. The summed E-state index contributed by atoms with van der Waals surface area (Å²) < 4.78 is 54.7. The number of nitrogens with two attached hydrogens (primary N) is 1. The predicted octanol–water partition coefficient (Wildman–Crippen LogP) is 1.50. The molecule has 0 bridgehead atoms. The number of benzene rings is 1. The smallest absolute Gasteiger partial charge is 0.466 e. The number of hydrogen-bond donors (Lipinski definition) is 6. The van der Waals surface area contributed by atoms with Gasteiger partial charge in [0.15, 0.2) is 36.2 Å². The third-order valence-electron chi connectivity index (χ3n) is 4.60. The van der Waals surface area contributed by atoms with Crippen LogP contribution in [-0.4, -0.2) is 64.0 Å². The number of anilines is 1. The molecule has 0 amide bonds. The minimum Gasteiger partial charge on any atom is -0.480 e. The zero-order valence-electron chi connectivity index (χ0n) is 19.4. The summed E-state index contributed by atoms with van der Waals surface area (Å²) in [5.74, 6) is -1.56. The molecule has 4 atom stereocenters. The highest BCUT2D eigenvalue weighted by atomic mass is 31.2. The number of hydrogen-bond acceptors (Lipinski definition) is 10. The number of carbonyl (C=O) groups is 1. The summed E-state index contributed by atoms with van der Waals surface area (Å²) in [7, 11) is -8.53. The van der Waals surface area contributed by atoms with E-state index < -0.39 is 52.0 Å². The SMILES string of the molecule is C[C@H](NP(=O)(CO[C@H]1C=C(F)[C@H](n2cnc3c(N)ncnc32)O1)Oc1ccccc1)C(=O)O.O=P(O)(O)O. The summed E-state index contributed by atoms with van der Waals surface area (Å²) in [6, 6.07) is 6.97. The lowest BCUT2D eigenvalue weighted by molar-refractivity contribution is -0.138. The van der Waals surface area contributed by atoms with Crippen LogP contribution in [0.25, 0.3) is 11.2 Å². The van der Waals surface area contributed by atoms with Crippen LogP contribution in [0.4, 0.5) is 10.2 Å². The van der Waals surface area contributed by atoms with E-state index >= 15 is 0 Å². The van der Waals surface area contributed by atoms with Crippen LogP contribution >= 0.6 is 15.3 Å². The molecule has 0 radical (unpaired) electrons. The van der Waals surface area contributed by atoms with Crippen LogP contribution in [-0.2, 0) is 23.4 Å². The van der Waals surface area contributed by atoms with Crippen molar-refractivity contribution in [2.24, 2.45) is 0 Å². The maximum Gasteiger partial charge on any atom is 0.466 e. The molecule has 19 heteroatoms. The zero-order valence-corrected chi connectivity index (χ0v) is 21.2. The molecule has 4 rings (SSSR count). The van der Waals surface area contributed by atoms with Gasteiger partial charge in [0, 0.05) is 6.08 Å². The fourth-order valence-electron chi connectivity index (χ4n) is 3.03. The summed E-state index contributed by atoms with van der Waals surface area (Å²) in [5, 5.41) is 11.6. The highest BCUT2D eigenvalue weighted by Crippen LogP contribution is 2.45. The van der Waals surface area contributed by atoms with E-state index in [0.29, 0.717) is 0 Å². The van der Waals surface area contributed by atoms with Gasteiger partial charge < -0.3 is 39.5 Å². The number of aromatic nitrogens is 4. The average molecular weight is 576 g/mol. The van der Waals surface area contributed by atoms with E-state index in [9.17, 15) is 18.9 Å². The van der Waals surface area contributed by atoms with Crippen molar-refractivity contribution in [1.82, 2.24) is 24.6 Å². The minimum atomic E-state index is -4.64. The molecule has 0 saturated heterocycles. The zero-order chi connectivity index (χ0) is 28.1. The molecule has 3 heterocycles. The normalized spacial score (nSPS) is 19.7. The van der Waals surface area contributed by atoms with Gasteiger partial charge in [0.25, 0.3) is 0 Å². The van der Waals surface area contributed by atoms with Crippen LogP contribution in [0.1, 0.15) is 13.2 Å². The lowest BCUT2D eigenvalue weighted by Gasteiger charge is -2.24. The number of carboxylic acid groups (broad SMARTS) is 1. The number of halogens is 1. The van der Waals surface area contributed by atoms with Crippen molar-refractivity contribution in [2.45, 2.75) is 25.5 Å². The molecule has 1 aliphatic rings. The van der Waals surface area contributed by atoms with Gasteiger partial charge in [-0.1, -0.05) is 18.2 Å². The molecule has 1 unspecified atom stereocenters. The van der Waals surface area contributed by atoms with Crippen LogP contribution in [0.5, 0.6) is 5.75 Å². The Balaban J connectivity index is 0.000000732. The topological polar surface area (TPSA) is 241 Å². The van der Waals surface area contributed by atoms with Gasteiger partial charge in [-0.05, 0) is 19.1 Å². The fourth-order valence-corrected chi connectivity index (χ4v) is 4.72. The summed E-state index contributed by atoms with van der Waals surface area (Å²) in [6.07, 6.45) is 0.494. The summed E-state index contributed by atoms with van der Waals surface area (Å²) >= 11 is 0. The van der Waals surface area contributed by atoms with Crippen LogP contribution in [0, 0.1) is 0 Å². The van der Waals surface area contributed by atoms with Crippen molar-refractivity contribution >= 4 is 38.3 Å². The molecule has 206 valence electrons. The number of nitrogen functional groups attached to an aromatic ring is 1. The second-order valence-electron chi connectivity index (χ2n) is 7.57. The number of nitrogens with one attached hydrogen (secondary N) is 1. The van der Waals surface area contributed by atoms with Crippen molar-refractivity contribution in [2.75, 3.05) is 12.1 Å². The van der Waals surface area contributed by atoms with E-state index in [-0.39, 0.29) is 22.7 Å². The third-order valence-corrected chi connectivity index (χ3v) is 6.37. The Kier molecular flexibility index (Phi) is 9.30. The van der Waals surface area contributed by atoms with Gasteiger partial charge in [0.2, 0.25) is 0 Å². The molecule has 1 aromatic carbocycles. The largest absolute Gasteiger partial charge is 0.480 e. The number of para-hydroxylation sites is 1. The first-order valence-corrected chi connectivity index (χ1v) is 13.8. The molecule has 0 spiro atoms. The molecule has 1 aliphatic heterocycles. The Morgan fingerprint density at radius 3 is 2.53 bits per heavy atom. The Morgan fingerprint density at radius 1 is 1.24 bits per heavy atom. The van der Waals surface area contributed by atoms with E-state index in [1.165, 1.54) is 24.1 Å². The lowest BCUT2D eigenvalue weighted by Crippen LogP contribution is -2.34. The van der Waals surface area contributed by atoms with Crippen molar-refractivity contribution in [1.29, 1.82) is 0 Å². The lowest BCUT2D eigenvalue weighted by atomic mass is 10.3. The van der Waals surface area contributed by atoms with E-state index in [1.54, 1.807) is 30.3 Å². The Labute approximate surface area is 213 Å². The number of carboxylic acids is 1. The van der Waals surface area contributed by atoms with E-state index in [4.69, 9.17) is 39.0 Å². The van der Waals surface area contributed by atoms with Gasteiger partial charge in [0.05, 0.1) is 6.33 Å². The number of fused-ring (bicyclic) bond motifs is 1.